The number of nitrogens with zero attached hydrogens (tertiary/aromatic N) is 1. The van der Waals surface area contributed by atoms with E-state index < -0.39 is 5.54 Å². The molecule has 2 rings (SSSR count). The van der Waals surface area contributed by atoms with Crippen LogP contribution in [0.3, 0.4) is 0 Å². The molecular weight excluding hydrogens is 349 g/mol. The lowest BCUT2D eigenvalue weighted by atomic mass is 9.96. The minimum absolute atomic E-state index is 0.0554. The Bertz CT molecular complexity index is 629. The van der Waals surface area contributed by atoms with Gasteiger partial charge < -0.3 is 16.0 Å². The molecule has 1 aliphatic rings. The van der Waals surface area contributed by atoms with Gasteiger partial charge in [0.2, 0.25) is 5.91 Å². The Kier molecular flexibility index (Phi) is 6.12. The Hall–Kier alpha value is -1.30. The van der Waals surface area contributed by atoms with Crippen molar-refractivity contribution in [2.45, 2.75) is 32.2 Å². The number of carbonyl (C=O) groups is 2. The van der Waals surface area contributed by atoms with Crippen LogP contribution in [0.1, 0.15) is 37.0 Å². The fraction of sp³-hybridized carbons (Fsp3) is 0.529. The first-order chi connectivity index (χ1) is 11.2. The molecule has 1 aromatic rings. The second-order valence-electron chi connectivity index (χ2n) is 6.93. The van der Waals surface area contributed by atoms with Gasteiger partial charge in [0.1, 0.15) is 0 Å². The highest BCUT2D eigenvalue weighted by molar-refractivity contribution is 6.42. The molecule has 1 atom stereocenters. The van der Waals surface area contributed by atoms with E-state index in [0.717, 1.165) is 12.8 Å². The van der Waals surface area contributed by atoms with Crippen molar-refractivity contribution in [2.24, 2.45) is 11.7 Å². The maximum Gasteiger partial charge on any atom is 0.253 e. The van der Waals surface area contributed by atoms with Crippen LogP contribution in [0, 0.1) is 5.92 Å². The van der Waals surface area contributed by atoms with Gasteiger partial charge in [-0.3, -0.25) is 9.59 Å². The molecule has 1 fully saturated rings. The number of rotatable bonds is 4. The van der Waals surface area contributed by atoms with Crippen molar-refractivity contribution in [3.63, 3.8) is 0 Å². The summed E-state index contributed by atoms with van der Waals surface area (Å²) in [6, 6.07) is 4.82. The van der Waals surface area contributed by atoms with E-state index in [1.807, 2.05) is 13.8 Å². The number of amides is 2. The highest BCUT2D eigenvalue weighted by atomic mass is 35.5. The number of benzene rings is 1. The number of halogens is 2. The molecule has 24 heavy (non-hydrogen) atoms. The summed E-state index contributed by atoms with van der Waals surface area (Å²) >= 11 is 11.9. The Morgan fingerprint density at radius 3 is 2.67 bits per heavy atom. The van der Waals surface area contributed by atoms with Crippen LogP contribution < -0.4 is 11.1 Å². The van der Waals surface area contributed by atoms with Crippen LogP contribution in [0.5, 0.6) is 0 Å². The second-order valence-corrected chi connectivity index (χ2v) is 7.74. The van der Waals surface area contributed by atoms with Crippen molar-refractivity contribution in [3.8, 4) is 0 Å². The number of likely N-dealkylation sites (tertiary alicyclic amines) is 1. The molecule has 1 saturated heterocycles. The molecule has 0 spiro atoms. The zero-order valence-corrected chi connectivity index (χ0v) is 15.5. The summed E-state index contributed by atoms with van der Waals surface area (Å²) in [5, 5.41) is 3.62. The van der Waals surface area contributed by atoms with Crippen LogP contribution in [0.4, 0.5) is 0 Å². The summed E-state index contributed by atoms with van der Waals surface area (Å²) in [5.41, 5.74) is 5.91. The predicted molar refractivity (Wildman–Crippen MR) is 96.4 cm³/mol. The highest BCUT2D eigenvalue weighted by Crippen LogP contribution is 2.25. The van der Waals surface area contributed by atoms with E-state index in [2.05, 4.69) is 5.32 Å². The molecule has 1 unspecified atom stereocenters. The maximum absolute atomic E-state index is 12.6. The summed E-state index contributed by atoms with van der Waals surface area (Å²) in [4.78, 5) is 26.6. The van der Waals surface area contributed by atoms with E-state index in [1.54, 1.807) is 23.1 Å². The van der Waals surface area contributed by atoms with E-state index in [4.69, 9.17) is 28.9 Å². The lowest BCUT2D eigenvalue weighted by Crippen LogP contribution is -2.50. The van der Waals surface area contributed by atoms with Crippen LogP contribution >= 0.6 is 23.2 Å². The summed E-state index contributed by atoms with van der Waals surface area (Å²) in [6.07, 6.45) is 1.55. The monoisotopic (exact) mass is 371 g/mol. The van der Waals surface area contributed by atoms with Crippen molar-refractivity contribution in [1.29, 1.82) is 0 Å². The Morgan fingerprint density at radius 2 is 2.04 bits per heavy atom. The summed E-state index contributed by atoms with van der Waals surface area (Å²) in [6.45, 7) is 5.15. The molecule has 0 saturated carbocycles. The van der Waals surface area contributed by atoms with Gasteiger partial charge in [-0.15, -0.1) is 0 Å². The molecule has 132 valence electrons. The number of nitrogens with one attached hydrogen (secondary N) is 1. The van der Waals surface area contributed by atoms with Gasteiger partial charge in [0, 0.05) is 30.7 Å². The fourth-order valence-corrected chi connectivity index (χ4v) is 2.94. The van der Waals surface area contributed by atoms with E-state index in [9.17, 15) is 9.59 Å². The standard InChI is InChI=1S/C17H23Cl2N3O2/c1-17(2,20)10-21-15(23)12-4-3-7-22(9-12)16(24)11-5-6-13(18)14(19)8-11/h5-6,8,12H,3-4,7,9-10,20H2,1-2H3,(H,21,23). The Balaban J connectivity index is 2.00. The first kappa shape index (κ1) is 19.0. The smallest absolute Gasteiger partial charge is 0.253 e. The van der Waals surface area contributed by atoms with E-state index in [1.165, 1.54) is 0 Å². The Labute approximate surface area is 152 Å². The van der Waals surface area contributed by atoms with Gasteiger partial charge in [-0.2, -0.15) is 0 Å². The average Bonchev–Trinajstić information content (AvgIpc) is 2.54. The average molecular weight is 372 g/mol. The number of nitrogens with two attached hydrogens (primary N) is 1. The van der Waals surface area contributed by atoms with Gasteiger partial charge in [0.15, 0.2) is 0 Å². The third-order valence-corrected chi connectivity index (χ3v) is 4.70. The molecule has 7 heteroatoms. The molecule has 1 heterocycles. The summed E-state index contributed by atoms with van der Waals surface area (Å²) < 4.78 is 0. The molecule has 5 nitrogen and oxygen atoms in total. The fourth-order valence-electron chi connectivity index (χ4n) is 2.65. The van der Waals surface area contributed by atoms with E-state index in [0.29, 0.717) is 35.2 Å². The van der Waals surface area contributed by atoms with Crippen LogP contribution in [-0.2, 0) is 4.79 Å². The maximum atomic E-state index is 12.6. The summed E-state index contributed by atoms with van der Waals surface area (Å²) in [5.74, 6) is -0.404. The molecule has 3 N–H and O–H groups in total. The van der Waals surface area contributed by atoms with Gasteiger partial charge in [0.05, 0.1) is 16.0 Å². The molecule has 0 aromatic heterocycles. The van der Waals surface area contributed by atoms with Gasteiger partial charge in [-0.05, 0) is 44.9 Å². The number of hydrogen-bond acceptors (Lipinski definition) is 3. The molecule has 1 aliphatic heterocycles. The zero-order valence-electron chi connectivity index (χ0n) is 13.9. The quantitative estimate of drug-likeness (QED) is 0.853. The topological polar surface area (TPSA) is 75.4 Å². The Morgan fingerprint density at radius 1 is 1.33 bits per heavy atom. The molecular formula is C17H23Cl2N3O2. The minimum atomic E-state index is -0.458. The van der Waals surface area contributed by atoms with Gasteiger partial charge in [0.25, 0.3) is 5.91 Å². The van der Waals surface area contributed by atoms with Crippen molar-refractivity contribution in [3.05, 3.63) is 33.8 Å². The third kappa shape index (κ3) is 5.10. The molecule has 0 aliphatic carbocycles. The van der Waals surface area contributed by atoms with Gasteiger partial charge >= 0.3 is 0 Å². The van der Waals surface area contributed by atoms with E-state index in [-0.39, 0.29) is 17.7 Å². The van der Waals surface area contributed by atoms with Gasteiger partial charge in [-0.1, -0.05) is 23.2 Å². The lowest BCUT2D eigenvalue weighted by molar-refractivity contribution is -0.126. The largest absolute Gasteiger partial charge is 0.354 e. The van der Waals surface area contributed by atoms with Crippen molar-refractivity contribution in [1.82, 2.24) is 10.2 Å². The van der Waals surface area contributed by atoms with Gasteiger partial charge in [-0.25, -0.2) is 0 Å². The third-order valence-electron chi connectivity index (χ3n) is 3.96. The number of hydrogen-bond donors (Lipinski definition) is 2. The predicted octanol–water partition coefficient (Wildman–Crippen LogP) is 2.70. The second kappa shape index (κ2) is 7.72. The molecule has 0 bridgehead atoms. The molecule has 1 aromatic carbocycles. The summed E-state index contributed by atoms with van der Waals surface area (Å²) in [7, 11) is 0. The molecule has 0 radical (unpaired) electrons. The number of piperidine rings is 1. The van der Waals surface area contributed by atoms with Crippen molar-refractivity contribution in [2.75, 3.05) is 19.6 Å². The van der Waals surface area contributed by atoms with Crippen molar-refractivity contribution < 1.29 is 9.59 Å². The highest BCUT2D eigenvalue weighted by Gasteiger charge is 2.29. The van der Waals surface area contributed by atoms with Crippen LogP contribution in [0.15, 0.2) is 18.2 Å². The minimum Gasteiger partial charge on any atom is -0.354 e. The lowest BCUT2D eigenvalue weighted by Gasteiger charge is -2.32. The van der Waals surface area contributed by atoms with Crippen molar-refractivity contribution >= 4 is 35.0 Å². The number of carbonyl (C=O) groups excluding carboxylic acids is 2. The normalized spacial score (nSPS) is 18.4. The van der Waals surface area contributed by atoms with Crippen LogP contribution in [0.2, 0.25) is 10.0 Å². The van der Waals surface area contributed by atoms with Crippen LogP contribution in [0.25, 0.3) is 0 Å². The SMILES string of the molecule is CC(C)(N)CNC(=O)C1CCCN(C(=O)c2ccc(Cl)c(Cl)c2)C1. The molecule has 2 amide bonds. The van der Waals surface area contributed by atoms with Crippen LogP contribution in [-0.4, -0.2) is 41.9 Å². The van der Waals surface area contributed by atoms with E-state index >= 15 is 0 Å². The first-order valence-electron chi connectivity index (χ1n) is 7.98. The first-order valence-corrected chi connectivity index (χ1v) is 8.74. The zero-order chi connectivity index (χ0) is 17.9.